The van der Waals surface area contributed by atoms with Crippen molar-refractivity contribution in [3.05, 3.63) is 59.4 Å². The number of pyridine rings is 2. The number of aromatic nitrogens is 4. The fourth-order valence-corrected chi connectivity index (χ4v) is 5.08. The molecule has 1 aliphatic heterocycles. The molecule has 1 aromatic carbocycles. The van der Waals surface area contributed by atoms with Crippen molar-refractivity contribution in [3.8, 4) is 28.3 Å². The van der Waals surface area contributed by atoms with Gasteiger partial charge in [-0.3, -0.25) is 14.9 Å². The molecule has 1 saturated heterocycles. The molecule has 8 nitrogen and oxygen atoms in total. The molecule has 1 amide bonds. The van der Waals surface area contributed by atoms with Crippen LogP contribution in [0.1, 0.15) is 29.2 Å². The van der Waals surface area contributed by atoms with Gasteiger partial charge in [0, 0.05) is 48.1 Å². The SMILES string of the molecule is COc1cc2[nH]nc(-c3ccc(C4CN(C(=O)CO)C4)nc3)c2nc1-c1cccc2c1CCC2. The van der Waals surface area contributed by atoms with Gasteiger partial charge in [-0.1, -0.05) is 18.2 Å². The van der Waals surface area contributed by atoms with E-state index >= 15 is 0 Å². The standard InChI is InChI=1S/C26H25N5O3/c1-34-22-10-21-26(28-25(22)19-7-3-5-15-4-2-6-18(15)19)24(30-29-21)16-8-9-20(27-11-16)17-12-31(13-17)23(33)14-32/h3,5,7-11,17,32H,2,4,6,12-14H2,1H3,(H,29,30). The van der Waals surface area contributed by atoms with Crippen molar-refractivity contribution in [1.82, 2.24) is 25.1 Å². The maximum Gasteiger partial charge on any atom is 0.248 e. The van der Waals surface area contributed by atoms with E-state index in [0.717, 1.165) is 57.8 Å². The van der Waals surface area contributed by atoms with Crippen molar-refractivity contribution in [2.24, 2.45) is 0 Å². The van der Waals surface area contributed by atoms with E-state index in [4.69, 9.17) is 14.8 Å². The monoisotopic (exact) mass is 455 g/mol. The quantitative estimate of drug-likeness (QED) is 0.479. The number of methoxy groups -OCH3 is 1. The number of hydrogen-bond acceptors (Lipinski definition) is 6. The van der Waals surface area contributed by atoms with Crippen molar-refractivity contribution in [3.63, 3.8) is 0 Å². The lowest BCUT2D eigenvalue weighted by Gasteiger charge is -2.38. The minimum Gasteiger partial charge on any atom is -0.494 e. The van der Waals surface area contributed by atoms with E-state index in [2.05, 4.69) is 33.4 Å². The Hall–Kier alpha value is -3.78. The summed E-state index contributed by atoms with van der Waals surface area (Å²) in [4.78, 5) is 22.9. The van der Waals surface area contributed by atoms with Crippen molar-refractivity contribution < 1.29 is 14.6 Å². The first kappa shape index (κ1) is 20.8. The fraction of sp³-hybridized carbons (Fsp3) is 0.308. The third kappa shape index (κ3) is 3.33. The van der Waals surface area contributed by atoms with Crippen LogP contribution in [-0.2, 0) is 17.6 Å². The Kier molecular flexibility index (Phi) is 5.03. The number of H-pyrrole nitrogens is 1. The van der Waals surface area contributed by atoms with E-state index < -0.39 is 6.61 Å². The van der Waals surface area contributed by atoms with Gasteiger partial charge in [-0.25, -0.2) is 4.98 Å². The molecule has 1 aliphatic carbocycles. The molecule has 0 spiro atoms. The number of carbonyl (C=O) groups excluding carboxylic acids is 1. The predicted octanol–water partition coefficient (Wildman–Crippen LogP) is 3.10. The zero-order valence-corrected chi connectivity index (χ0v) is 18.9. The zero-order valence-electron chi connectivity index (χ0n) is 18.9. The third-order valence-corrected chi connectivity index (χ3v) is 6.97. The number of aryl methyl sites for hydroxylation is 1. The molecule has 0 atom stereocenters. The van der Waals surface area contributed by atoms with Crippen LogP contribution in [-0.4, -0.2) is 62.9 Å². The number of rotatable bonds is 5. The summed E-state index contributed by atoms with van der Waals surface area (Å²) < 4.78 is 5.71. The number of likely N-dealkylation sites (tertiary alicyclic amines) is 1. The van der Waals surface area contributed by atoms with Gasteiger partial charge in [0.25, 0.3) is 0 Å². The van der Waals surface area contributed by atoms with Crippen molar-refractivity contribution >= 4 is 16.9 Å². The Morgan fingerprint density at radius 1 is 1.21 bits per heavy atom. The highest BCUT2D eigenvalue weighted by Crippen LogP contribution is 2.39. The van der Waals surface area contributed by atoms with Crippen LogP contribution in [0.3, 0.4) is 0 Å². The van der Waals surface area contributed by atoms with E-state index in [1.807, 2.05) is 24.4 Å². The van der Waals surface area contributed by atoms with Crippen molar-refractivity contribution in [2.75, 3.05) is 26.8 Å². The molecule has 2 aliphatic rings. The summed E-state index contributed by atoms with van der Waals surface area (Å²) in [6.07, 6.45) is 5.14. The van der Waals surface area contributed by atoms with Crippen LogP contribution in [0.4, 0.5) is 0 Å². The van der Waals surface area contributed by atoms with Crippen LogP contribution in [0, 0.1) is 0 Å². The van der Waals surface area contributed by atoms with E-state index in [0.29, 0.717) is 13.1 Å². The van der Waals surface area contributed by atoms with Gasteiger partial charge in [-0.15, -0.1) is 0 Å². The van der Waals surface area contributed by atoms with Gasteiger partial charge in [0.1, 0.15) is 29.3 Å². The Labute approximate surface area is 196 Å². The summed E-state index contributed by atoms with van der Waals surface area (Å²) in [6, 6.07) is 12.4. The Morgan fingerprint density at radius 3 is 2.85 bits per heavy atom. The molecule has 4 aromatic rings. The zero-order chi connectivity index (χ0) is 23.2. The van der Waals surface area contributed by atoms with E-state index in [1.165, 1.54) is 17.5 Å². The fourth-order valence-electron chi connectivity index (χ4n) is 5.08. The van der Waals surface area contributed by atoms with Crippen LogP contribution in [0.5, 0.6) is 5.75 Å². The third-order valence-electron chi connectivity index (χ3n) is 6.97. The molecule has 2 N–H and O–H groups in total. The second kappa shape index (κ2) is 8.22. The number of benzene rings is 1. The topological polar surface area (TPSA) is 104 Å². The Balaban J connectivity index is 1.35. The summed E-state index contributed by atoms with van der Waals surface area (Å²) in [6.45, 7) is 0.725. The summed E-state index contributed by atoms with van der Waals surface area (Å²) >= 11 is 0. The predicted molar refractivity (Wildman–Crippen MR) is 128 cm³/mol. The normalized spacial score (nSPS) is 15.4. The van der Waals surface area contributed by atoms with Gasteiger partial charge >= 0.3 is 0 Å². The first-order valence-corrected chi connectivity index (χ1v) is 11.6. The molecule has 8 heteroatoms. The van der Waals surface area contributed by atoms with Crippen LogP contribution in [0.15, 0.2) is 42.6 Å². The van der Waals surface area contributed by atoms with E-state index in [1.54, 1.807) is 12.0 Å². The molecule has 0 radical (unpaired) electrons. The Bertz CT molecular complexity index is 1390. The van der Waals surface area contributed by atoms with E-state index in [-0.39, 0.29) is 11.8 Å². The van der Waals surface area contributed by atoms with Gasteiger partial charge in [0.2, 0.25) is 5.91 Å². The lowest BCUT2D eigenvalue weighted by molar-refractivity contribution is -0.138. The number of fused-ring (bicyclic) bond motifs is 2. The minimum absolute atomic E-state index is 0.189. The molecule has 4 heterocycles. The average molecular weight is 456 g/mol. The minimum atomic E-state index is -0.448. The van der Waals surface area contributed by atoms with Crippen LogP contribution < -0.4 is 4.74 Å². The van der Waals surface area contributed by atoms with Crippen molar-refractivity contribution in [1.29, 1.82) is 0 Å². The molecule has 172 valence electrons. The van der Waals surface area contributed by atoms with Gasteiger partial charge in [-0.2, -0.15) is 5.10 Å². The molecule has 0 bridgehead atoms. The van der Waals surface area contributed by atoms with E-state index in [9.17, 15) is 4.79 Å². The summed E-state index contributed by atoms with van der Waals surface area (Å²) in [5, 5.41) is 16.6. The van der Waals surface area contributed by atoms with Crippen LogP contribution in [0.2, 0.25) is 0 Å². The van der Waals surface area contributed by atoms with Gasteiger partial charge < -0.3 is 14.7 Å². The largest absolute Gasteiger partial charge is 0.494 e. The highest BCUT2D eigenvalue weighted by molar-refractivity contribution is 5.93. The molecular weight excluding hydrogens is 430 g/mol. The number of amides is 1. The number of nitrogens with one attached hydrogen (secondary N) is 1. The maximum atomic E-state index is 11.6. The second-order valence-electron chi connectivity index (χ2n) is 8.93. The lowest BCUT2D eigenvalue weighted by Crippen LogP contribution is -2.49. The van der Waals surface area contributed by atoms with Gasteiger partial charge in [-0.05, 0) is 42.5 Å². The number of carbonyl (C=O) groups is 1. The first-order valence-electron chi connectivity index (χ1n) is 11.6. The lowest BCUT2D eigenvalue weighted by atomic mass is 9.95. The average Bonchev–Trinajstić information content (AvgIpc) is 3.49. The summed E-state index contributed by atoms with van der Waals surface area (Å²) in [7, 11) is 1.67. The summed E-state index contributed by atoms with van der Waals surface area (Å²) in [5.74, 6) is 0.676. The molecule has 3 aromatic heterocycles. The van der Waals surface area contributed by atoms with Crippen molar-refractivity contribution in [2.45, 2.75) is 25.2 Å². The number of ether oxygens (including phenoxy) is 1. The second-order valence-corrected chi connectivity index (χ2v) is 8.93. The van der Waals surface area contributed by atoms with Gasteiger partial charge in [0.05, 0.1) is 12.6 Å². The Morgan fingerprint density at radius 2 is 2.09 bits per heavy atom. The number of aliphatic hydroxyl groups excluding tert-OH is 1. The number of aliphatic hydroxyl groups is 1. The van der Waals surface area contributed by atoms with Crippen LogP contribution in [0.25, 0.3) is 33.5 Å². The molecule has 34 heavy (non-hydrogen) atoms. The molecule has 6 rings (SSSR count). The highest BCUT2D eigenvalue weighted by Gasteiger charge is 2.32. The highest BCUT2D eigenvalue weighted by atomic mass is 16.5. The first-order chi connectivity index (χ1) is 16.7. The number of aromatic amines is 1. The summed E-state index contributed by atoms with van der Waals surface area (Å²) in [5.41, 5.74) is 8.86. The molecule has 0 unspecified atom stereocenters. The number of nitrogens with zero attached hydrogens (tertiary/aromatic N) is 4. The molecule has 1 fully saturated rings. The molecular formula is C26H25N5O3. The van der Waals surface area contributed by atoms with Gasteiger partial charge in [0.15, 0.2) is 0 Å². The molecule has 0 saturated carbocycles. The number of hydrogen-bond donors (Lipinski definition) is 2. The van der Waals surface area contributed by atoms with Crippen LogP contribution >= 0.6 is 0 Å². The maximum absolute atomic E-state index is 11.6. The smallest absolute Gasteiger partial charge is 0.248 e.